The highest BCUT2D eigenvalue weighted by atomic mass is 36.0. The van der Waals surface area contributed by atoms with Gasteiger partial charge in [-0.25, -0.2) is 0 Å². The topological polar surface area (TPSA) is 34.1 Å². The van der Waals surface area contributed by atoms with Crippen molar-refractivity contribution in [2.24, 2.45) is 0 Å². The minimum absolute atomic E-state index is 0.148. The molecular formula is C8H6Cl3F3O2S. The Morgan fingerprint density at radius 3 is 1.82 bits per heavy atom. The highest BCUT2D eigenvalue weighted by Crippen LogP contribution is 2.36. The van der Waals surface area contributed by atoms with Gasteiger partial charge >= 0.3 is 14.4 Å². The van der Waals surface area contributed by atoms with E-state index in [1.165, 1.54) is 25.1 Å². The van der Waals surface area contributed by atoms with Gasteiger partial charge in [-0.1, -0.05) is 23.7 Å². The van der Waals surface area contributed by atoms with Gasteiger partial charge in [-0.2, -0.15) is 21.6 Å². The second kappa shape index (κ2) is 6.13. The zero-order valence-electron chi connectivity index (χ0n) is 8.22. The van der Waals surface area contributed by atoms with Crippen molar-refractivity contribution in [1.82, 2.24) is 0 Å². The molecule has 0 bridgehead atoms. The highest BCUT2D eigenvalue weighted by Gasteiger charge is 2.34. The zero-order chi connectivity index (χ0) is 13.9. The van der Waals surface area contributed by atoms with Crippen LogP contribution in [0, 0.1) is 6.92 Å². The summed E-state index contributed by atoms with van der Waals surface area (Å²) in [5.41, 5.74) is -0.596. The van der Waals surface area contributed by atoms with Crippen molar-refractivity contribution < 1.29 is 21.6 Å². The van der Waals surface area contributed by atoms with Gasteiger partial charge in [-0.3, -0.25) is 0 Å². The Morgan fingerprint density at radius 1 is 1.18 bits per heavy atom. The second-order valence-corrected chi connectivity index (χ2v) is 6.88. The fourth-order valence-corrected chi connectivity index (χ4v) is 1.32. The molecule has 0 spiro atoms. The standard InChI is InChI=1S/C8H6ClF3.Cl2O2S/c1-5-3-2-4-6(9)7(5)8(10,11)12;1-5(2,3)4/h2-4H,1H3;. The molecule has 0 amide bonds. The summed E-state index contributed by atoms with van der Waals surface area (Å²) in [7, 11) is 4.81. The summed E-state index contributed by atoms with van der Waals surface area (Å²) in [6.07, 6.45) is -4.36. The summed E-state index contributed by atoms with van der Waals surface area (Å²) in [6.45, 7) is 1.38. The first kappa shape index (κ1) is 16.8. The van der Waals surface area contributed by atoms with E-state index < -0.39 is 20.0 Å². The molecule has 0 unspecified atom stereocenters. The normalized spacial score (nSPS) is 11.7. The Balaban J connectivity index is 0.000000437. The monoisotopic (exact) mass is 328 g/mol. The lowest BCUT2D eigenvalue weighted by Crippen LogP contribution is -2.07. The lowest BCUT2D eigenvalue weighted by atomic mass is 10.1. The van der Waals surface area contributed by atoms with E-state index in [2.05, 4.69) is 21.4 Å². The van der Waals surface area contributed by atoms with Gasteiger partial charge in [0.05, 0.1) is 10.6 Å². The third-order valence-corrected chi connectivity index (χ3v) is 1.82. The lowest BCUT2D eigenvalue weighted by molar-refractivity contribution is -0.137. The Morgan fingerprint density at radius 2 is 1.59 bits per heavy atom. The average molecular weight is 330 g/mol. The minimum Gasteiger partial charge on any atom is -0.195 e. The fourth-order valence-electron chi connectivity index (χ4n) is 0.991. The second-order valence-electron chi connectivity index (χ2n) is 2.81. The number of aryl methyl sites for hydroxylation is 1. The van der Waals surface area contributed by atoms with Crippen LogP contribution in [0.4, 0.5) is 13.2 Å². The van der Waals surface area contributed by atoms with Gasteiger partial charge in [-0.05, 0) is 18.6 Å². The Labute approximate surface area is 110 Å². The smallest absolute Gasteiger partial charge is 0.195 e. The van der Waals surface area contributed by atoms with Gasteiger partial charge in [0.15, 0.2) is 0 Å². The van der Waals surface area contributed by atoms with Crippen LogP contribution in [-0.4, -0.2) is 8.42 Å². The van der Waals surface area contributed by atoms with Gasteiger partial charge in [-0.15, -0.1) is 0 Å². The molecule has 9 heteroatoms. The molecule has 0 saturated heterocycles. The molecule has 0 aliphatic rings. The summed E-state index contributed by atoms with van der Waals surface area (Å²) < 4.78 is 55.0. The quantitative estimate of drug-likeness (QED) is 0.662. The van der Waals surface area contributed by atoms with E-state index in [1.54, 1.807) is 0 Å². The van der Waals surface area contributed by atoms with Crippen molar-refractivity contribution in [1.29, 1.82) is 0 Å². The van der Waals surface area contributed by atoms with Gasteiger partial charge in [0, 0.05) is 21.4 Å². The highest BCUT2D eigenvalue weighted by molar-refractivity contribution is 8.31. The molecule has 1 rings (SSSR count). The Kier molecular flexibility index (Phi) is 6.07. The fraction of sp³-hybridized carbons (Fsp3) is 0.250. The van der Waals surface area contributed by atoms with Crippen LogP contribution in [-0.2, 0) is 14.4 Å². The Bertz CT molecular complexity index is 457. The van der Waals surface area contributed by atoms with Crippen LogP contribution in [0.5, 0.6) is 0 Å². The van der Waals surface area contributed by atoms with E-state index >= 15 is 0 Å². The van der Waals surface area contributed by atoms with Gasteiger partial charge in [0.25, 0.3) is 0 Å². The molecular weight excluding hydrogens is 324 g/mol. The van der Waals surface area contributed by atoms with Crippen LogP contribution in [0.3, 0.4) is 0 Å². The minimum atomic E-state index is -4.36. The van der Waals surface area contributed by atoms with E-state index in [4.69, 9.17) is 20.0 Å². The maximum Gasteiger partial charge on any atom is 0.418 e. The van der Waals surface area contributed by atoms with Gasteiger partial charge < -0.3 is 0 Å². The van der Waals surface area contributed by atoms with Crippen LogP contribution < -0.4 is 0 Å². The van der Waals surface area contributed by atoms with Crippen molar-refractivity contribution in [2.45, 2.75) is 13.1 Å². The molecule has 0 atom stereocenters. The SMILES string of the molecule is Cc1cccc(Cl)c1C(F)(F)F.O=S(=O)(Cl)Cl. The third-order valence-electron chi connectivity index (χ3n) is 1.51. The number of alkyl halides is 3. The van der Waals surface area contributed by atoms with E-state index in [0.717, 1.165) is 0 Å². The molecule has 2 nitrogen and oxygen atoms in total. The average Bonchev–Trinajstić information content (AvgIpc) is 1.96. The molecule has 0 aliphatic carbocycles. The van der Waals surface area contributed by atoms with E-state index in [9.17, 15) is 13.2 Å². The van der Waals surface area contributed by atoms with Crippen LogP contribution in [0.2, 0.25) is 5.02 Å². The van der Waals surface area contributed by atoms with Crippen molar-refractivity contribution in [3.8, 4) is 0 Å². The number of hydrogen-bond acceptors (Lipinski definition) is 2. The predicted molar refractivity (Wildman–Crippen MR) is 61.8 cm³/mol. The Hall–Kier alpha value is -0.170. The van der Waals surface area contributed by atoms with Crippen LogP contribution >= 0.6 is 33.0 Å². The van der Waals surface area contributed by atoms with Crippen LogP contribution in [0.15, 0.2) is 18.2 Å². The molecule has 0 fully saturated rings. The summed E-state index contributed by atoms with van der Waals surface area (Å²) in [5, 5.41) is -0.248. The van der Waals surface area contributed by atoms with Crippen LogP contribution in [0.25, 0.3) is 0 Å². The van der Waals surface area contributed by atoms with Gasteiger partial charge in [0.2, 0.25) is 0 Å². The largest absolute Gasteiger partial charge is 0.418 e. The first-order chi connectivity index (χ1) is 7.43. The number of rotatable bonds is 0. The zero-order valence-corrected chi connectivity index (χ0v) is 11.3. The van der Waals surface area contributed by atoms with Gasteiger partial charge in [0.1, 0.15) is 0 Å². The van der Waals surface area contributed by atoms with Crippen LogP contribution in [0.1, 0.15) is 11.1 Å². The summed E-state index contributed by atoms with van der Waals surface area (Å²) in [6, 6.07) is 4.11. The van der Waals surface area contributed by atoms with Crippen molar-refractivity contribution in [3.63, 3.8) is 0 Å². The molecule has 0 saturated carbocycles. The van der Waals surface area contributed by atoms with Crippen molar-refractivity contribution in [3.05, 3.63) is 34.3 Å². The first-order valence-electron chi connectivity index (χ1n) is 3.89. The number of hydrogen-bond donors (Lipinski definition) is 0. The third kappa shape index (κ3) is 7.70. The van der Waals surface area contributed by atoms with E-state index in [0.29, 0.717) is 0 Å². The molecule has 0 radical (unpaired) electrons. The summed E-state index contributed by atoms with van der Waals surface area (Å²) >= 11 is 5.39. The van der Waals surface area contributed by atoms with Crippen molar-refractivity contribution >= 4 is 41.2 Å². The molecule has 1 aromatic rings. The molecule has 0 N–H and O–H groups in total. The number of halogens is 6. The maximum atomic E-state index is 12.2. The molecule has 0 aliphatic heterocycles. The van der Waals surface area contributed by atoms with E-state index in [1.807, 2.05) is 0 Å². The molecule has 0 aromatic heterocycles. The lowest BCUT2D eigenvalue weighted by Gasteiger charge is -2.10. The molecule has 1 aromatic carbocycles. The van der Waals surface area contributed by atoms with E-state index in [-0.39, 0.29) is 10.6 Å². The summed E-state index contributed by atoms with van der Waals surface area (Å²) in [5.74, 6) is 0. The first-order valence-corrected chi connectivity index (χ1v) is 7.41. The van der Waals surface area contributed by atoms with Crippen molar-refractivity contribution in [2.75, 3.05) is 0 Å². The molecule has 98 valence electrons. The maximum absolute atomic E-state index is 12.2. The number of benzene rings is 1. The predicted octanol–water partition coefficient (Wildman–Crippen LogP) is 4.38. The molecule has 17 heavy (non-hydrogen) atoms. The summed E-state index contributed by atoms with van der Waals surface area (Å²) in [4.78, 5) is 0. The molecule has 0 heterocycles.